The van der Waals surface area contributed by atoms with Crippen molar-refractivity contribution in [2.24, 2.45) is 0 Å². The predicted octanol–water partition coefficient (Wildman–Crippen LogP) is 2.51. The van der Waals surface area contributed by atoms with Crippen molar-refractivity contribution in [3.8, 4) is 0 Å². The molecule has 0 bridgehead atoms. The van der Waals surface area contributed by atoms with Gasteiger partial charge in [-0.3, -0.25) is 4.79 Å². The highest BCUT2D eigenvalue weighted by molar-refractivity contribution is 6.17. The molecule has 0 aromatic rings. The van der Waals surface area contributed by atoms with E-state index in [4.69, 9.17) is 16.3 Å². The zero-order chi connectivity index (χ0) is 9.23. The van der Waals surface area contributed by atoms with Crippen molar-refractivity contribution >= 4 is 17.6 Å². The van der Waals surface area contributed by atoms with Gasteiger partial charge < -0.3 is 4.74 Å². The molecule has 0 aromatic heterocycles. The van der Waals surface area contributed by atoms with E-state index in [-0.39, 0.29) is 5.97 Å². The number of halogens is 1. The molecule has 0 aliphatic carbocycles. The van der Waals surface area contributed by atoms with Gasteiger partial charge in [0, 0.05) is 12.3 Å². The average molecular weight is 191 g/mol. The topological polar surface area (TPSA) is 26.3 Å². The summed E-state index contributed by atoms with van der Waals surface area (Å²) in [6, 6.07) is 0. The van der Waals surface area contributed by atoms with Crippen molar-refractivity contribution in [1.82, 2.24) is 0 Å². The number of allylic oxidation sites excluding steroid dienone is 1. The molecule has 0 radical (unpaired) electrons. The lowest BCUT2D eigenvalue weighted by Gasteiger charge is -2.01. The molecular weight excluding hydrogens is 176 g/mol. The normalized spacial score (nSPS) is 9.42. The van der Waals surface area contributed by atoms with Crippen LogP contribution in [0.15, 0.2) is 12.7 Å². The Balaban J connectivity index is 3.13. The Morgan fingerprint density at radius 1 is 1.50 bits per heavy atom. The Morgan fingerprint density at radius 2 is 2.25 bits per heavy atom. The molecule has 0 aromatic carbocycles. The SMILES string of the molecule is C=CCCCOC(=O)CCCCl. The zero-order valence-electron chi connectivity index (χ0n) is 7.22. The fourth-order valence-electron chi connectivity index (χ4n) is 0.697. The molecule has 0 rings (SSSR count). The third-order valence-electron chi connectivity index (χ3n) is 1.33. The summed E-state index contributed by atoms with van der Waals surface area (Å²) in [5.74, 6) is 0.363. The number of rotatable bonds is 7. The lowest BCUT2D eigenvalue weighted by molar-refractivity contribution is -0.143. The second kappa shape index (κ2) is 8.60. The van der Waals surface area contributed by atoms with Crippen LogP contribution in [0.25, 0.3) is 0 Å². The highest BCUT2D eigenvalue weighted by atomic mass is 35.5. The van der Waals surface area contributed by atoms with Gasteiger partial charge in [-0.05, 0) is 19.3 Å². The van der Waals surface area contributed by atoms with Crippen LogP contribution in [0.4, 0.5) is 0 Å². The van der Waals surface area contributed by atoms with E-state index >= 15 is 0 Å². The molecule has 0 atom stereocenters. The molecule has 12 heavy (non-hydrogen) atoms. The molecule has 0 unspecified atom stereocenters. The first-order valence-electron chi connectivity index (χ1n) is 4.13. The molecule has 70 valence electrons. The van der Waals surface area contributed by atoms with Crippen LogP contribution in [0.1, 0.15) is 25.7 Å². The van der Waals surface area contributed by atoms with Gasteiger partial charge in [0.2, 0.25) is 0 Å². The number of ether oxygens (including phenoxy) is 1. The number of alkyl halides is 1. The van der Waals surface area contributed by atoms with Gasteiger partial charge in [0.05, 0.1) is 6.61 Å². The third-order valence-corrected chi connectivity index (χ3v) is 1.60. The van der Waals surface area contributed by atoms with Crippen LogP contribution >= 0.6 is 11.6 Å². The van der Waals surface area contributed by atoms with Gasteiger partial charge in [-0.2, -0.15) is 0 Å². The minimum absolute atomic E-state index is 0.153. The van der Waals surface area contributed by atoms with Gasteiger partial charge in [-0.1, -0.05) is 6.08 Å². The van der Waals surface area contributed by atoms with Crippen molar-refractivity contribution in [2.45, 2.75) is 25.7 Å². The fraction of sp³-hybridized carbons (Fsp3) is 0.667. The molecule has 2 nitrogen and oxygen atoms in total. The molecular formula is C9H15ClO2. The average Bonchev–Trinajstić information content (AvgIpc) is 2.09. The van der Waals surface area contributed by atoms with Gasteiger partial charge in [-0.25, -0.2) is 0 Å². The van der Waals surface area contributed by atoms with Crippen molar-refractivity contribution in [2.75, 3.05) is 12.5 Å². The predicted molar refractivity (Wildman–Crippen MR) is 50.3 cm³/mol. The van der Waals surface area contributed by atoms with Gasteiger partial charge in [-0.15, -0.1) is 18.2 Å². The number of unbranched alkanes of at least 4 members (excludes halogenated alkanes) is 1. The van der Waals surface area contributed by atoms with E-state index in [9.17, 15) is 4.79 Å². The van der Waals surface area contributed by atoms with E-state index in [1.165, 1.54) is 0 Å². The fourth-order valence-corrected chi connectivity index (χ4v) is 0.831. The Labute approximate surface area is 78.5 Å². The number of carbonyl (C=O) groups excluding carboxylic acids is 1. The van der Waals surface area contributed by atoms with Crippen LogP contribution in [0.5, 0.6) is 0 Å². The summed E-state index contributed by atoms with van der Waals surface area (Å²) < 4.78 is 4.90. The molecule has 0 N–H and O–H groups in total. The maximum Gasteiger partial charge on any atom is 0.305 e. The largest absolute Gasteiger partial charge is 0.466 e. The second-order valence-corrected chi connectivity index (χ2v) is 2.82. The van der Waals surface area contributed by atoms with Gasteiger partial charge >= 0.3 is 5.97 Å². The van der Waals surface area contributed by atoms with Gasteiger partial charge in [0.1, 0.15) is 0 Å². The summed E-state index contributed by atoms with van der Waals surface area (Å²) >= 11 is 5.41. The van der Waals surface area contributed by atoms with Crippen molar-refractivity contribution in [3.05, 3.63) is 12.7 Å². The quantitative estimate of drug-likeness (QED) is 0.267. The standard InChI is InChI=1S/C9H15ClO2/c1-2-3-4-8-12-9(11)6-5-7-10/h2H,1,3-8H2. The smallest absolute Gasteiger partial charge is 0.305 e. The van der Waals surface area contributed by atoms with Crippen LogP contribution in [0.2, 0.25) is 0 Å². The number of esters is 1. The van der Waals surface area contributed by atoms with E-state index in [2.05, 4.69) is 6.58 Å². The van der Waals surface area contributed by atoms with E-state index in [1.54, 1.807) is 0 Å². The van der Waals surface area contributed by atoms with Crippen molar-refractivity contribution in [3.63, 3.8) is 0 Å². The number of carbonyl (C=O) groups is 1. The molecule has 0 heterocycles. The summed E-state index contributed by atoms with van der Waals surface area (Å²) in [7, 11) is 0. The minimum Gasteiger partial charge on any atom is -0.466 e. The first-order valence-corrected chi connectivity index (χ1v) is 4.67. The lowest BCUT2D eigenvalue weighted by atomic mass is 10.3. The summed E-state index contributed by atoms with van der Waals surface area (Å²) in [6.45, 7) is 4.06. The highest BCUT2D eigenvalue weighted by Crippen LogP contribution is 1.97. The number of hydrogen-bond donors (Lipinski definition) is 0. The summed E-state index contributed by atoms with van der Waals surface area (Å²) in [4.78, 5) is 10.9. The van der Waals surface area contributed by atoms with Crippen LogP contribution in [-0.4, -0.2) is 18.5 Å². The Kier molecular flexibility index (Phi) is 8.24. The van der Waals surface area contributed by atoms with Gasteiger partial charge in [0.15, 0.2) is 0 Å². The summed E-state index contributed by atoms with van der Waals surface area (Å²) in [5, 5.41) is 0. The van der Waals surface area contributed by atoms with Crippen LogP contribution in [0, 0.1) is 0 Å². The molecule has 0 saturated carbocycles. The van der Waals surface area contributed by atoms with E-state index < -0.39 is 0 Å². The molecule has 0 amide bonds. The zero-order valence-corrected chi connectivity index (χ0v) is 7.98. The summed E-state index contributed by atoms with van der Waals surface area (Å²) in [6.07, 6.45) is 4.69. The Bertz CT molecular complexity index is 134. The Morgan fingerprint density at radius 3 is 2.83 bits per heavy atom. The maximum atomic E-state index is 10.9. The first kappa shape index (κ1) is 11.5. The van der Waals surface area contributed by atoms with Crippen LogP contribution in [0.3, 0.4) is 0 Å². The van der Waals surface area contributed by atoms with E-state index in [1.807, 2.05) is 6.08 Å². The monoisotopic (exact) mass is 190 g/mol. The maximum absolute atomic E-state index is 10.9. The molecule has 0 spiro atoms. The first-order chi connectivity index (χ1) is 5.81. The second-order valence-electron chi connectivity index (χ2n) is 2.44. The minimum atomic E-state index is -0.153. The molecule has 3 heteroatoms. The summed E-state index contributed by atoms with van der Waals surface area (Å²) in [5.41, 5.74) is 0. The van der Waals surface area contributed by atoms with Crippen molar-refractivity contribution < 1.29 is 9.53 Å². The van der Waals surface area contributed by atoms with E-state index in [0.717, 1.165) is 12.8 Å². The molecule has 0 fully saturated rings. The van der Waals surface area contributed by atoms with Crippen LogP contribution in [-0.2, 0) is 9.53 Å². The Hall–Kier alpha value is -0.500. The third kappa shape index (κ3) is 7.61. The highest BCUT2D eigenvalue weighted by Gasteiger charge is 2.00. The van der Waals surface area contributed by atoms with E-state index in [0.29, 0.717) is 25.3 Å². The van der Waals surface area contributed by atoms with Crippen LogP contribution < -0.4 is 0 Å². The molecule has 0 aliphatic rings. The van der Waals surface area contributed by atoms with Crippen molar-refractivity contribution in [1.29, 1.82) is 0 Å². The molecule has 0 saturated heterocycles. The lowest BCUT2D eigenvalue weighted by Crippen LogP contribution is -2.05. The van der Waals surface area contributed by atoms with Gasteiger partial charge in [0.25, 0.3) is 0 Å². The molecule has 0 aliphatic heterocycles. The number of hydrogen-bond acceptors (Lipinski definition) is 2.